The zero-order valence-electron chi connectivity index (χ0n) is 29.7. The number of anilines is 1. The zero-order chi connectivity index (χ0) is 35.3. The van der Waals surface area contributed by atoms with Crippen LogP contribution in [0.2, 0.25) is 0 Å². The third kappa shape index (κ3) is 7.57. The number of carbonyl (C=O) groups excluding carboxylic acids is 1. The molecule has 3 fully saturated rings. The Morgan fingerprint density at radius 2 is 1.86 bits per heavy atom. The van der Waals surface area contributed by atoms with Crippen molar-refractivity contribution in [3.8, 4) is 17.2 Å². The highest BCUT2D eigenvalue weighted by Crippen LogP contribution is 2.52. The minimum Gasteiger partial charge on any atom is -0.490 e. The fourth-order valence-electron chi connectivity index (χ4n) is 7.52. The van der Waals surface area contributed by atoms with Crippen LogP contribution < -0.4 is 20.1 Å². The summed E-state index contributed by atoms with van der Waals surface area (Å²) in [6.45, 7) is 19.9. The van der Waals surface area contributed by atoms with E-state index in [1.165, 1.54) is 30.1 Å². The predicted octanol–water partition coefficient (Wildman–Crippen LogP) is 6.40. The Morgan fingerprint density at radius 1 is 1.12 bits per heavy atom. The van der Waals surface area contributed by atoms with E-state index in [1.54, 1.807) is 11.1 Å². The molecule has 0 bridgehead atoms. The van der Waals surface area contributed by atoms with E-state index in [2.05, 4.69) is 37.9 Å². The van der Waals surface area contributed by atoms with Crippen LogP contribution in [0.15, 0.2) is 56.1 Å². The molecular weight excluding hydrogens is 621 g/mol. The second-order valence-corrected chi connectivity index (χ2v) is 13.5. The summed E-state index contributed by atoms with van der Waals surface area (Å²) in [5, 5.41) is 0. The van der Waals surface area contributed by atoms with Crippen molar-refractivity contribution in [2.75, 3.05) is 31.1 Å². The Labute approximate surface area is 290 Å². The number of aromatic nitrogens is 3. The number of pyridine rings is 1. The minimum absolute atomic E-state index is 0.0349. The summed E-state index contributed by atoms with van der Waals surface area (Å²) in [6, 6.07) is 6.93. The molecule has 3 aromatic rings. The first-order valence-electron chi connectivity index (χ1n) is 17.7. The first-order valence-corrected chi connectivity index (χ1v) is 17.7. The summed E-state index contributed by atoms with van der Waals surface area (Å²) in [5.74, 6) is 1.59. The molecule has 2 aliphatic heterocycles. The van der Waals surface area contributed by atoms with E-state index in [4.69, 9.17) is 15.2 Å². The lowest BCUT2D eigenvalue weighted by Gasteiger charge is -2.59. The Balaban J connectivity index is 0.00000113. The van der Waals surface area contributed by atoms with Crippen molar-refractivity contribution in [2.24, 2.45) is 11.1 Å². The van der Waals surface area contributed by atoms with Gasteiger partial charge in [-0.15, -0.1) is 13.2 Å². The van der Waals surface area contributed by atoms with Crippen molar-refractivity contribution in [2.45, 2.75) is 97.5 Å². The normalized spacial score (nSPS) is 20.7. The maximum atomic E-state index is 14.3. The number of ether oxygens (including phenoxy) is 2. The SMILES string of the molecule is C=C.CC.CCN(C(=O)c1cc(F)ccc1Oc1cncnc1N1CC2(CC(Oc3ccnc4c3CN(C3CC(N)C3)CC4)C2)C1)C(C)C. The summed E-state index contributed by atoms with van der Waals surface area (Å²) in [7, 11) is 0. The second-order valence-electron chi connectivity index (χ2n) is 13.5. The van der Waals surface area contributed by atoms with Crippen molar-refractivity contribution >= 4 is 11.7 Å². The largest absolute Gasteiger partial charge is 0.490 e. The van der Waals surface area contributed by atoms with Gasteiger partial charge in [-0.1, -0.05) is 13.8 Å². The molecule has 1 aromatic carbocycles. The van der Waals surface area contributed by atoms with Crippen LogP contribution in [-0.4, -0.2) is 81.1 Å². The van der Waals surface area contributed by atoms with Crippen LogP contribution in [0.5, 0.6) is 17.2 Å². The van der Waals surface area contributed by atoms with E-state index in [0.29, 0.717) is 30.2 Å². The molecule has 264 valence electrons. The Bertz CT molecular complexity index is 1580. The standard InChI is InChI=1S/C34H42FN7O3.C2H6.C2H4/c1-4-42(21(2)3)33(43)26-11-22(35)5-6-29(26)45-31-16-37-20-39-32(31)41-18-34(19-41)14-25(15-34)44-30-7-9-38-28-8-10-40(17-27(28)30)24-12-23(36)13-24;2*1-2/h5-7,9,11,16,20-21,23-25H,4,8,10,12-15,17-19,36H2,1-3H3;1-2H3;1-2H2. The Kier molecular flexibility index (Phi) is 11.5. The third-order valence-corrected chi connectivity index (χ3v) is 10.0. The average Bonchev–Trinajstić information content (AvgIpc) is 3.07. The number of hydrogen-bond donors (Lipinski definition) is 1. The van der Waals surface area contributed by atoms with Gasteiger partial charge in [0, 0.05) is 80.1 Å². The smallest absolute Gasteiger partial charge is 0.257 e. The molecule has 4 heterocycles. The number of amides is 1. The Morgan fingerprint density at radius 3 is 2.53 bits per heavy atom. The van der Waals surface area contributed by atoms with Gasteiger partial charge in [-0.2, -0.15) is 0 Å². The average molecular weight is 674 g/mol. The van der Waals surface area contributed by atoms with Crippen LogP contribution >= 0.6 is 0 Å². The molecule has 0 unspecified atom stereocenters. The highest BCUT2D eigenvalue weighted by molar-refractivity contribution is 5.97. The lowest BCUT2D eigenvalue weighted by molar-refractivity contribution is -0.0355. The number of hydrogen-bond acceptors (Lipinski definition) is 9. The number of fused-ring (bicyclic) bond motifs is 1. The van der Waals surface area contributed by atoms with Crippen LogP contribution in [0, 0.1) is 11.2 Å². The van der Waals surface area contributed by atoms with Crippen molar-refractivity contribution < 1.29 is 18.7 Å². The molecule has 7 rings (SSSR count). The highest BCUT2D eigenvalue weighted by atomic mass is 19.1. The lowest BCUT2D eigenvalue weighted by Crippen LogP contribution is -2.65. The van der Waals surface area contributed by atoms with E-state index in [1.807, 2.05) is 46.9 Å². The van der Waals surface area contributed by atoms with Gasteiger partial charge in [0.2, 0.25) is 0 Å². The summed E-state index contributed by atoms with van der Waals surface area (Å²) >= 11 is 0. The van der Waals surface area contributed by atoms with Crippen molar-refractivity contribution in [1.82, 2.24) is 24.8 Å². The zero-order valence-corrected chi connectivity index (χ0v) is 29.7. The minimum atomic E-state index is -0.491. The van der Waals surface area contributed by atoms with E-state index in [0.717, 1.165) is 69.7 Å². The molecular formula is C38H52FN7O3. The molecule has 11 heteroatoms. The van der Waals surface area contributed by atoms with Gasteiger partial charge in [-0.25, -0.2) is 14.4 Å². The van der Waals surface area contributed by atoms with Crippen LogP contribution in [0.1, 0.15) is 81.9 Å². The molecule has 10 nitrogen and oxygen atoms in total. The number of nitrogens with two attached hydrogens (primary N) is 1. The first-order chi connectivity index (χ1) is 23.7. The van der Waals surface area contributed by atoms with Crippen LogP contribution in [0.25, 0.3) is 0 Å². The fraction of sp³-hybridized carbons (Fsp3) is 0.526. The molecule has 2 saturated carbocycles. The molecule has 1 spiro atoms. The summed E-state index contributed by atoms with van der Waals surface area (Å²) in [6.07, 6.45) is 10.2. The number of nitrogens with zero attached hydrogens (tertiary/aromatic N) is 6. The summed E-state index contributed by atoms with van der Waals surface area (Å²) in [5.41, 5.74) is 8.80. The highest BCUT2D eigenvalue weighted by Gasteiger charge is 2.54. The number of carbonyl (C=O) groups is 1. The molecule has 0 radical (unpaired) electrons. The van der Waals surface area contributed by atoms with E-state index < -0.39 is 5.82 Å². The fourth-order valence-corrected chi connectivity index (χ4v) is 7.52. The third-order valence-electron chi connectivity index (χ3n) is 10.0. The number of benzene rings is 1. The van der Waals surface area contributed by atoms with Gasteiger partial charge >= 0.3 is 0 Å². The molecule has 1 saturated heterocycles. The summed E-state index contributed by atoms with van der Waals surface area (Å²) < 4.78 is 27.1. The number of rotatable bonds is 9. The summed E-state index contributed by atoms with van der Waals surface area (Å²) in [4.78, 5) is 33.1. The van der Waals surface area contributed by atoms with Crippen LogP contribution in [0.3, 0.4) is 0 Å². The van der Waals surface area contributed by atoms with E-state index in [-0.39, 0.29) is 34.8 Å². The molecule has 2 N–H and O–H groups in total. The second kappa shape index (κ2) is 15.6. The molecule has 4 aliphatic rings. The quantitative estimate of drug-likeness (QED) is 0.258. The molecule has 2 aromatic heterocycles. The van der Waals surface area contributed by atoms with Crippen LogP contribution in [0.4, 0.5) is 10.2 Å². The monoisotopic (exact) mass is 673 g/mol. The number of halogens is 1. The molecule has 2 aliphatic carbocycles. The van der Waals surface area contributed by atoms with Crippen LogP contribution in [-0.2, 0) is 13.0 Å². The molecule has 49 heavy (non-hydrogen) atoms. The van der Waals surface area contributed by atoms with Crippen molar-refractivity contribution in [1.29, 1.82) is 0 Å². The van der Waals surface area contributed by atoms with E-state index >= 15 is 0 Å². The predicted molar refractivity (Wildman–Crippen MR) is 191 cm³/mol. The maximum absolute atomic E-state index is 14.3. The maximum Gasteiger partial charge on any atom is 0.257 e. The van der Waals surface area contributed by atoms with E-state index in [9.17, 15) is 9.18 Å². The van der Waals surface area contributed by atoms with Gasteiger partial charge in [0.1, 0.15) is 29.7 Å². The van der Waals surface area contributed by atoms with Gasteiger partial charge in [0.25, 0.3) is 5.91 Å². The molecule has 1 amide bonds. The first kappa shape index (κ1) is 36.2. The van der Waals surface area contributed by atoms with Gasteiger partial charge in [-0.3, -0.25) is 14.7 Å². The van der Waals surface area contributed by atoms with Gasteiger partial charge < -0.3 is 25.0 Å². The van der Waals surface area contributed by atoms with Gasteiger partial charge in [-0.05, 0) is 70.7 Å². The topological polar surface area (TPSA) is 110 Å². The van der Waals surface area contributed by atoms with Gasteiger partial charge in [0.15, 0.2) is 11.6 Å². The van der Waals surface area contributed by atoms with Crippen molar-refractivity contribution in [3.05, 3.63) is 78.8 Å². The molecule has 0 atom stereocenters. The lowest BCUT2D eigenvalue weighted by atomic mass is 9.61. The Hall–Kier alpha value is -4.09. The van der Waals surface area contributed by atoms with Gasteiger partial charge in [0.05, 0.1) is 11.8 Å². The van der Waals surface area contributed by atoms with Crippen molar-refractivity contribution in [3.63, 3.8) is 0 Å².